The molecule has 0 aliphatic rings. The molecule has 3 heteroatoms. The fraction of sp³-hybridized carbons (Fsp3) is 0.333. The molecule has 0 heterocycles. The van der Waals surface area contributed by atoms with E-state index in [4.69, 9.17) is 4.74 Å². The molecule has 2 aromatic rings. The maximum absolute atomic E-state index is 12.5. The molecule has 0 saturated carbocycles. The monoisotopic (exact) mass is 323 g/mol. The molecule has 3 nitrogen and oxygen atoms in total. The summed E-state index contributed by atoms with van der Waals surface area (Å²) >= 11 is 0. The highest BCUT2D eigenvalue weighted by Gasteiger charge is 2.35. The number of esters is 1. The smallest absolute Gasteiger partial charge is 0.314 e. The normalized spacial score (nSPS) is 13.0. The van der Waals surface area contributed by atoms with Crippen LogP contribution in [0.1, 0.15) is 44.7 Å². The van der Waals surface area contributed by atoms with Gasteiger partial charge in [0.25, 0.3) is 0 Å². The van der Waals surface area contributed by atoms with Gasteiger partial charge in [-0.25, -0.2) is 0 Å². The number of carbonyl (C=O) groups excluding carboxylic acids is 1. The quantitative estimate of drug-likeness (QED) is 0.565. The number of carbonyl (C=O) groups is 1. The van der Waals surface area contributed by atoms with E-state index in [2.05, 4.69) is 4.99 Å². The number of para-hydroxylation sites is 1. The van der Waals surface area contributed by atoms with E-state index in [1.807, 2.05) is 88.5 Å². The molecule has 0 spiro atoms. The Bertz CT molecular complexity index is 699. The maximum Gasteiger partial charge on any atom is 0.314 e. The molecule has 2 aromatic carbocycles. The largest absolute Gasteiger partial charge is 0.466 e. The maximum atomic E-state index is 12.5. The first-order chi connectivity index (χ1) is 11.4. The van der Waals surface area contributed by atoms with Crippen molar-refractivity contribution in [2.24, 2.45) is 10.4 Å². The topological polar surface area (TPSA) is 38.7 Å². The van der Waals surface area contributed by atoms with Crippen LogP contribution in [0.3, 0.4) is 0 Å². The van der Waals surface area contributed by atoms with E-state index in [1.165, 1.54) is 0 Å². The SMILES string of the molecule is CCOC(=O)C(c1ccccc1N=Cc1ccccc1)C(C)(C)C. The van der Waals surface area contributed by atoms with Crippen molar-refractivity contribution in [1.82, 2.24) is 0 Å². The van der Waals surface area contributed by atoms with Crippen molar-refractivity contribution >= 4 is 17.9 Å². The summed E-state index contributed by atoms with van der Waals surface area (Å²) < 4.78 is 5.31. The second-order valence-corrected chi connectivity index (χ2v) is 6.78. The highest BCUT2D eigenvalue weighted by molar-refractivity contribution is 5.85. The fourth-order valence-corrected chi connectivity index (χ4v) is 2.71. The number of rotatable bonds is 5. The summed E-state index contributed by atoms with van der Waals surface area (Å²) in [6.07, 6.45) is 1.82. The summed E-state index contributed by atoms with van der Waals surface area (Å²) in [5.41, 5.74) is 2.46. The third-order valence-electron chi connectivity index (χ3n) is 3.79. The van der Waals surface area contributed by atoms with E-state index in [9.17, 15) is 4.79 Å². The summed E-state index contributed by atoms with van der Waals surface area (Å²) in [5, 5.41) is 0. The van der Waals surface area contributed by atoms with Gasteiger partial charge in [-0.2, -0.15) is 0 Å². The van der Waals surface area contributed by atoms with Crippen molar-refractivity contribution in [3.8, 4) is 0 Å². The van der Waals surface area contributed by atoms with Crippen LogP contribution in [-0.2, 0) is 9.53 Å². The van der Waals surface area contributed by atoms with Crippen LogP contribution in [0.25, 0.3) is 0 Å². The van der Waals surface area contributed by atoms with Crippen molar-refractivity contribution in [3.63, 3.8) is 0 Å². The molecule has 0 aliphatic carbocycles. The van der Waals surface area contributed by atoms with Gasteiger partial charge in [-0.15, -0.1) is 0 Å². The van der Waals surface area contributed by atoms with Crippen LogP contribution in [-0.4, -0.2) is 18.8 Å². The molecule has 126 valence electrons. The average molecular weight is 323 g/mol. The molecule has 0 amide bonds. The van der Waals surface area contributed by atoms with Gasteiger partial charge in [0.2, 0.25) is 0 Å². The van der Waals surface area contributed by atoms with Crippen LogP contribution < -0.4 is 0 Å². The van der Waals surface area contributed by atoms with Crippen molar-refractivity contribution < 1.29 is 9.53 Å². The van der Waals surface area contributed by atoms with Crippen molar-refractivity contribution in [3.05, 3.63) is 65.7 Å². The Kier molecular flexibility index (Phi) is 5.91. The first kappa shape index (κ1) is 17.9. The van der Waals surface area contributed by atoms with Crippen LogP contribution in [0.15, 0.2) is 59.6 Å². The van der Waals surface area contributed by atoms with E-state index in [-0.39, 0.29) is 17.3 Å². The number of hydrogen-bond acceptors (Lipinski definition) is 3. The molecule has 1 unspecified atom stereocenters. The number of benzene rings is 2. The standard InChI is InChI=1S/C21H25NO2/c1-5-24-20(23)19(21(2,3)4)17-13-9-10-14-18(17)22-15-16-11-7-6-8-12-16/h6-15,19H,5H2,1-4H3. The first-order valence-corrected chi connectivity index (χ1v) is 8.28. The Balaban J connectivity index is 2.42. The number of ether oxygens (including phenoxy) is 1. The summed E-state index contributed by atoms with van der Waals surface area (Å²) in [7, 11) is 0. The van der Waals surface area contributed by atoms with Crippen molar-refractivity contribution in [2.75, 3.05) is 6.61 Å². The third kappa shape index (κ3) is 4.54. The second kappa shape index (κ2) is 7.91. The minimum atomic E-state index is -0.360. The van der Waals surface area contributed by atoms with Gasteiger partial charge in [0.05, 0.1) is 18.2 Å². The van der Waals surface area contributed by atoms with E-state index in [0.29, 0.717) is 6.61 Å². The van der Waals surface area contributed by atoms with Gasteiger partial charge in [0, 0.05) is 6.21 Å². The molecule has 0 fully saturated rings. The minimum Gasteiger partial charge on any atom is -0.466 e. The zero-order valence-electron chi connectivity index (χ0n) is 14.8. The van der Waals surface area contributed by atoms with Gasteiger partial charge in [-0.1, -0.05) is 69.3 Å². The molecule has 0 aliphatic heterocycles. The van der Waals surface area contributed by atoms with E-state index in [1.54, 1.807) is 0 Å². The van der Waals surface area contributed by atoms with E-state index < -0.39 is 0 Å². The molecule has 24 heavy (non-hydrogen) atoms. The van der Waals surface area contributed by atoms with Crippen LogP contribution >= 0.6 is 0 Å². The average Bonchev–Trinajstić information content (AvgIpc) is 2.54. The summed E-state index contributed by atoms with van der Waals surface area (Å²) in [4.78, 5) is 17.2. The van der Waals surface area contributed by atoms with Crippen LogP contribution in [0.4, 0.5) is 5.69 Å². The third-order valence-corrected chi connectivity index (χ3v) is 3.79. The Morgan fingerprint density at radius 3 is 2.33 bits per heavy atom. The molecular weight excluding hydrogens is 298 g/mol. The molecule has 0 N–H and O–H groups in total. The van der Waals surface area contributed by atoms with Gasteiger partial charge < -0.3 is 4.74 Å². The van der Waals surface area contributed by atoms with Gasteiger partial charge in [0.15, 0.2) is 0 Å². The molecule has 0 bridgehead atoms. The van der Waals surface area contributed by atoms with Crippen molar-refractivity contribution in [1.29, 1.82) is 0 Å². The van der Waals surface area contributed by atoms with Gasteiger partial charge in [0.1, 0.15) is 0 Å². The van der Waals surface area contributed by atoms with Crippen LogP contribution in [0.2, 0.25) is 0 Å². The Morgan fingerprint density at radius 2 is 1.71 bits per heavy atom. The highest BCUT2D eigenvalue weighted by Crippen LogP contribution is 2.40. The number of nitrogens with zero attached hydrogens (tertiary/aromatic N) is 1. The number of hydrogen-bond donors (Lipinski definition) is 0. The van der Waals surface area contributed by atoms with Crippen LogP contribution in [0, 0.1) is 5.41 Å². The lowest BCUT2D eigenvalue weighted by Gasteiger charge is -2.29. The molecule has 0 radical (unpaired) electrons. The molecule has 0 aromatic heterocycles. The zero-order valence-corrected chi connectivity index (χ0v) is 14.8. The van der Waals surface area contributed by atoms with E-state index in [0.717, 1.165) is 16.8 Å². The fourth-order valence-electron chi connectivity index (χ4n) is 2.71. The highest BCUT2D eigenvalue weighted by atomic mass is 16.5. The Hall–Kier alpha value is -2.42. The van der Waals surface area contributed by atoms with Crippen molar-refractivity contribution in [2.45, 2.75) is 33.6 Å². The van der Waals surface area contributed by atoms with E-state index >= 15 is 0 Å². The lowest BCUT2D eigenvalue weighted by molar-refractivity contribution is -0.147. The second-order valence-electron chi connectivity index (χ2n) is 6.78. The van der Waals surface area contributed by atoms with Crippen LogP contribution in [0.5, 0.6) is 0 Å². The van der Waals surface area contributed by atoms with Gasteiger partial charge in [-0.05, 0) is 29.5 Å². The molecule has 0 saturated heterocycles. The minimum absolute atomic E-state index is 0.202. The van der Waals surface area contributed by atoms with Gasteiger partial charge in [-0.3, -0.25) is 9.79 Å². The lowest BCUT2D eigenvalue weighted by Crippen LogP contribution is -2.28. The first-order valence-electron chi connectivity index (χ1n) is 8.28. The zero-order chi connectivity index (χ0) is 17.6. The summed E-state index contributed by atoms with van der Waals surface area (Å²) in [6.45, 7) is 8.35. The summed E-state index contributed by atoms with van der Waals surface area (Å²) in [6, 6.07) is 17.7. The number of aliphatic imine (C=N–C) groups is 1. The predicted octanol–water partition coefficient (Wildman–Crippen LogP) is 5.13. The lowest BCUT2D eigenvalue weighted by atomic mass is 9.76. The van der Waals surface area contributed by atoms with Gasteiger partial charge >= 0.3 is 5.97 Å². The molecular formula is C21H25NO2. The summed E-state index contributed by atoms with van der Waals surface area (Å²) in [5.74, 6) is -0.561. The Labute approximate surface area is 144 Å². The Morgan fingerprint density at radius 1 is 1.08 bits per heavy atom. The molecule has 1 atom stereocenters. The molecule has 2 rings (SSSR count). The predicted molar refractivity (Wildman–Crippen MR) is 99.0 cm³/mol.